The standard InChI is InChI=1S/C21H28FN3O3/c1-13(26)23-10-19-16-8-15(18-4-2-3-7-25(18)19)11-24(12-16)21(28)14-5-6-17(22)20(27)9-14/h5-6,9,15-16,18-19,27H,2-4,7-8,10-12H2,1H3,(H,23,26)/t15-,16+,18+,19+/m1/s1. The van der Waals surface area contributed by atoms with Gasteiger partial charge in [-0.15, -0.1) is 0 Å². The molecule has 0 radical (unpaired) electrons. The van der Waals surface area contributed by atoms with Crippen molar-refractivity contribution in [1.29, 1.82) is 0 Å². The minimum atomic E-state index is -0.722. The summed E-state index contributed by atoms with van der Waals surface area (Å²) in [5.41, 5.74) is 0.317. The van der Waals surface area contributed by atoms with Gasteiger partial charge in [-0.05, 0) is 55.8 Å². The summed E-state index contributed by atoms with van der Waals surface area (Å²) >= 11 is 0. The molecule has 2 amide bonds. The Morgan fingerprint density at radius 2 is 2.04 bits per heavy atom. The average molecular weight is 389 g/mol. The van der Waals surface area contributed by atoms with Crippen LogP contribution < -0.4 is 5.32 Å². The first-order valence-electron chi connectivity index (χ1n) is 10.2. The zero-order chi connectivity index (χ0) is 19.8. The molecule has 1 aromatic rings. The third-order valence-corrected chi connectivity index (χ3v) is 6.66. The smallest absolute Gasteiger partial charge is 0.254 e. The number of rotatable bonds is 3. The Morgan fingerprint density at radius 1 is 1.25 bits per heavy atom. The van der Waals surface area contributed by atoms with Crippen molar-refractivity contribution >= 4 is 11.8 Å². The Morgan fingerprint density at radius 3 is 2.79 bits per heavy atom. The molecule has 3 fully saturated rings. The van der Waals surface area contributed by atoms with E-state index in [0.717, 1.165) is 25.5 Å². The maximum absolute atomic E-state index is 13.4. The van der Waals surface area contributed by atoms with Crippen LogP contribution in [0, 0.1) is 17.7 Å². The second-order valence-electron chi connectivity index (χ2n) is 8.44. The lowest BCUT2D eigenvalue weighted by Crippen LogP contribution is -2.66. The fourth-order valence-electron chi connectivity index (χ4n) is 5.43. The highest BCUT2D eigenvalue weighted by Crippen LogP contribution is 2.41. The molecule has 0 aromatic heterocycles. The van der Waals surface area contributed by atoms with Gasteiger partial charge in [-0.3, -0.25) is 14.5 Å². The zero-order valence-electron chi connectivity index (χ0n) is 16.2. The highest BCUT2D eigenvalue weighted by atomic mass is 19.1. The fourth-order valence-corrected chi connectivity index (χ4v) is 5.43. The summed E-state index contributed by atoms with van der Waals surface area (Å²) in [5, 5.41) is 12.6. The van der Waals surface area contributed by atoms with Gasteiger partial charge in [0.15, 0.2) is 11.6 Å². The topological polar surface area (TPSA) is 72.9 Å². The van der Waals surface area contributed by atoms with Crippen molar-refractivity contribution in [1.82, 2.24) is 15.1 Å². The Bertz CT molecular complexity index is 771. The number of phenolic OH excluding ortho intramolecular Hbond substituents is 1. The number of hydrogen-bond donors (Lipinski definition) is 2. The Kier molecular flexibility index (Phi) is 5.27. The highest BCUT2D eigenvalue weighted by molar-refractivity contribution is 5.94. The van der Waals surface area contributed by atoms with E-state index in [1.165, 1.54) is 31.9 Å². The fraction of sp³-hybridized carbons (Fsp3) is 0.619. The van der Waals surface area contributed by atoms with Crippen molar-refractivity contribution in [3.8, 4) is 5.75 Å². The molecule has 28 heavy (non-hydrogen) atoms. The number of phenols is 1. The van der Waals surface area contributed by atoms with Crippen LogP contribution in [-0.4, -0.2) is 65.0 Å². The van der Waals surface area contributed by atoms with E-state index < -0.39 is 11.6 Å². The summed E-state index contributed by atoms with van der Waals surface area (Å²) in [6.45, 7) is 4.53. The van der Waals surface area contributed by atoms with Gasteiger partial charge in [0, 0.05) is 44.2 Å². The second kappa shape index (κ2) is 7.70. The van der Waals surface area contributed by atoms with Gasteiger partial charge in [-0.25, -0.2) is 4.39 Å². The molecule has 2 N–H and O–H groups in total. The molecule has 0 saturated carbocycles. The van der Waals surface area contributed by atoms with Crippen LogP contribution in [0.2, 0.25) is 0 Å². The quantitative estimate of drug-likeness (QED) is 0.829. The summed E-state index contributed by atoms with van der Waals surface area (Å²) in [4.78, 5) is 29.0. The average Bonchev–Trinajstić information content (AvgIpc) is 2.69. The summed E-state index contributed by atoms with van der Waals surface area (Å²) in [6, 6.07) is 4.46. The molecule has 4 rings (SSSR count). The molecule has 3 aliphatic heterocycles. The van der Waals surface area contributed by atoms with E-state index in [-0.39, 0.29) is 17.9 Å². The first kappa shape index (κ1) is 19.2. The molecule has 3 heterocycles. The SMILES string of the molecule is CC(=O)NC[C@H]1[C@H]2C[C@H](CN(C(=O)c3ccc(F)c(O)c3)C2)[C@@H]2CCCCN21. The number of halogens is 1. The number of hydrogen-bond acceptors (Lipinski definition) is 4. The predicted molar refractivity (Wildman–Crippen MR) is 102 cm³/mol. The lowest BCUT2D eigenvalue weighted by Gasteiger charge is -2.56. The maximum Gasteiger partial charge on any atom is 0.254 e. The van der Waals surface area contributed by atoms with E-state index in [4.69, 9.17) is 0 Å². The van der Waals surface area contributed by atoms with Crippen LogP contribution in [0.1, 0.15) is 43.0 Å². The Balaban J connectivity index is 1.56. The number of aromatic hydroxyl groups is 1. The summed E-state index contributed by atoms with van der Waals surface area (Å²) in [5.74, 6) is -0.678. The number of carbonyl (C=O) groups is 2. The van der Waals surface area contributed by atoms with E-state index >= 15 is 0 Å². The molecule has 0 aliphatic carbocycles. The summed E-state index contributed by atoms with van der Waals surface area (Å²) in [7, 11) is 0. The molecule has 6 nitrogen and oxygen atoms in total. The molecule has 152 valence electrons. The monoisotopic (exact) mass is 389 g/mol. The Labute approximate surface area is 164 Å². The normalized spacial score (nSPS) is 29.9. The molecular weight excluding hydrogens is 361 g/mol. The molecule has 0 unspecified atom stereocenters. The van der Waals surface area contributed by atoms with Crippen molar-refractivity contribution in [3.63, 3.8) is 0 Å². The summed E-state index contributed by atoms with van der Waals surface area (Å²) < 4.78 is 13.4. The van der Waals surface area contributed by atoms with E-state index in [0.29, 0.717) is 43.1 Å². The summed E-state index contributed by atoms with van der Waals surface area (Å²) in [6.07, 6.45) is 4.59. The lowest BCUT2D eigenvalue weighted by molar-refractivity contribution is -0.120. The van der Waals surface area contributed by atoms with Crippen molar-refractivity contribution in [2.24, 2.45) is 11.8 Å². The van der Waals surface area contributed by atoms with Crippen molar-refractivity contribution in [2.45, 2.75) is 44.7 Å². The van der Waals surface area contributed by atoms with Gasteiger partial charge in [0.1, 0.15) is 0 Å². The first-order valence-corrected chi connectivity index (χ1v) is 10.2. The third-order valence-electron chi connectivity index (χ3n) is 6.66. The van der Waals surface area contributed by atoms with E-state index in [2.05, 4.69) is 10.2 Å². The van der Waals surface area contributed by atoms with Crippen molar-refractivity contribution in [3.05, 3.63) is 29.6 Å². The number of piperidine rings is 3. The molecule has 2 bridgehead atoms. The molecule has 7 heteroatoms. The van der Waals surface area contributed by atoms with E-state index in [9.17, 15) is 19.1 Å². The van der Waals surface area contributed by atoms with Crippen molar-refractivity contribution < 1.29 is 19.1 Å². The number of amides is 2. The number of carbonyl (C=O) groups excluding carboxylic acids is 2. The molecule has 3 saturated heterocycles. The van der Waals surface area contributed by atoms with Gasteiger partial charge in [0.25, 0.3) is 5.91 Å². The number of benzene rings is 1. The first-order chi connectivity index (χ1) is 13.4. The largest absolute Gasteiger partial charge is 0.505 e. The van der Waals surface area contributed by atoms with Gasteiger partial charge in [0.05, 0.1) is 0 Å². The predicted octanol–water partition coefficient (Wildman–Crippen LogP) is 1.98. The number of likely N-dealkylation sites (tertiary alicyclic amines) is 1. The lowest BCUT2D eigenvalue weighted by atomic mass is 9.72. The van der Waals surface area contributed by atoms with Crippen LogP contribution >= 0.6 is 0 Å². The van der Waals surface area contributed by atoms with Crippen LogP contribution in [0.25, 0.3) is 0 Å². The second-order valence-corrected chi connectivity index (χ2v) is 8.44. The molecule has 0 spiro atoms. The molecule has 3 aliphatic rings. The van der Waals surface area contributed by atoms with Gasteiger partial charge >= 0.3 is 0 Å². The van der Waals surface area contributed by atoms with E-state index in [1.807, 2.05) is 4.90 Å². The maximum atomic E-state index is 13.4. The van der Waals surface area contributed by atoms with E-state index in [1.54, 1.807) is 0 Å². The van der Waals surface area contributed by atoms with Gasteiger partial charge in [0.2, 0.25) is 5.91 Å². The van der Waals surface area contributed by atoms with Gasteiger partial charge in [-0.2, -0.15) is 0 Å². The van der Waals surface area contributed by atoms with Crippen LogP contribution in [0.15, 0.2) is 18.2 Å². The third kappa shape index (κ3) is 3.60. The van der Waals surface area contributed by atoms with Crippen LogP contribution in [-0.2, 0) is 4.79 Å². The highest BCUT2D eigenvalue weighted by Gasteiger charge is 2.47. The number of nitrogens with one attached hydrogen (secondary N) is 1. The van der Waals surface area contributed by atoms with Gasteiger partial charge in [-0.1, -0.05) is 6.42 Å². The van der Waals surface area contributed by atoms with Gasteiger partial charge < -0.3 is 15.3 Å². The van der Waals surface area contributed by atoms with Crippen LogP contribution in [0.4, 0.5) is 4.39 Å². The van der Waals surface area contributed by atoms with Crippen LogP contribution in [0.3, 0.4) is 0 Å². The minimum absolute atomic E-state index is 0.0267. The molecular formula is C21H28FN3O3. The number of fused-ring (bicyclic) bond motifs is 4. The minimum Gasteiger partial charge on any atom is -0.505 e. The molecule has 4 atom stereocenters. The molecule has 1 aromatic carbocycles. The number of nitrogens with zero attached hydrogens (tertiary/aromatic N) is 2. The zero-order valence-corrected chi connectivity index (χ0v) is 16.2. The van der Waals surface area contributed by atoms with Crippen molar-refractivity contribution in [2.75, 3.05) is 26.2 Å². The van der Waals surface area contributed by atoms with Crippen LogP contribution in [0.5, 0.6) is 5.75 Å². The Hall–Kier alpha value is -2.15.